The van der Waals surface area contributed by atoms with Crippen LogP contribution in [0.25, 0.3) is 0 Å². The molecular formula is C27H40N4O8S. The summed E-state index contributed by atoms with van der Waals surface area (Å²) >= 11 is 0. The van der Waals surface area contributed by atoms with Crippen LogP contribution in [0.4, 0.5) is 15.3 Å². The molecule has 0 bridgehead atoms. The van der Waals surface area contributed by atoms with Crippen molar-refractivity contribution in [2.45, 2.75) is 90.7 Å². The highest BCUT2D eigenvalue weighted by Crippen LogP contribution is 2.27. The van der Waals surface area contributed by atoms with E-state index in [1.54, 1.807) is 66.7 Å². The Labute approximate surface area is 236 Å². The van der Waals surface area contributed by atoms with E-state index in [4.69, 9.17) is 19.6 Å². The van der Waals surface area contributed by atoms with Gasteiger partial charge in [-0.25, -0.2) is 27.7 Å². The van der Waals surface area contributed by atoms with Crippen LogP contribution in [0.15, 0.2) is 35.9 Å². The summed E-state index contributed by atoms with van der Waals surface area (Å²) < 4.78 is 44.4. The second-order valence-corrected chi connectivity index (χ2v) is 13.0. The highest BCUT2D eigenvalue weighted by atomic mass is 32.2. The smallest absolute Gasteiger partial charge is 0.417 e. The number of nitrogens with zero attached hydrogens (tertiary/aromatic N) is 1. The van der Waals surface area contributed by atoms with Gasteiger partial charge < -0.3 is 14.2 Å². The number of alkyl carbamates (subject to hydrolysis) is 1. The predicted octanol–water partition coefficient (Wildman–Crippen LogP) is 4.67. The summed E-state index contributed by atoms with van der Waals surface area (Å²) in [4.78, 5) is 38.3. The van der Waals surface area contributed by atoms with Crippen LogP contribution >= 0.6 is 0 Å². The third-order valence-electron chi connectivity index (χ3n) is 5.33. The molecule has 1 aliphatic rings. The number of amides is 2. The average Bonchev–Trinajstić information content (AvgIpc) is 2.81. The molecule has 1 unspecified atom stereocenters. The topological polar surface area (TPSA) is 164 Å². The molecule has 13 heteroatoms. The molecule has 0 spiro atoms. The molecule has 1 aliphatic carbocycles. The normalized spacial score (nSPS) is 15.8. The van der Waals surface area contributed by atoms with Crippen molar-refractivity contribution in [3.05, 3.63) is 41.5 Å². The van der Waals surface area contributed by atoms with Crippen molar-refractivity contribution in [2.75, 3.05) is 11.3 Å². The van der Waals surface area contributed by atoms with Crippen molar-refractivity contribution in [1.29, 1.82) is 5.41 Å². The third kappa shape index (κ3) is 10.2. The average molecular weight is 581 g/mol. The minimum Gasteiger partial charge on any atom is -0.463 e. The molecular weight excluding hydrogens is 540 g/mol. The second-order valence-electron chi connectivity index (χ2n) is 11.2. The summed E-state index contributed by atoms with van der Waals surface area (Å²) in [5.41, 5.74) is -0.770. The van der Waals surface area contributed by atoms with Crippen LogP contribution in [0, 0.1) is 5.41 Å². The van der Waals surface area contributed by atoms with Crippen LogP contribution in [-0.2, 0) is 35.6 Å². The first-order valence-electron chi connectivity index (χ1n) is 13.0. The Kier molecular flexibility index (Phi) is 10.7. The van der Waals surface area contributed by atoms with E-state index in [0.29, 0.717) is 18.4 Å². The van der Waals surface area contributed by atoms with Crippen LogP contribution in [0.5, 0.6) is 0 Å². The molecule has 0 saturated heterocycles. The molecule has 2 amide bonds. The van der Waals surface area contributed by atoms with Gasteiger partial charge in [0.05, 0.1) is 18.7 Å². The lowest BCUT2D eigenvalue weighted by Crippen LogP contribution is -2.49. The number of allylic oxidation sites excluding steroid dienone is 1. The number of esters is 1. The molecule has 12 nitrogen and oxygen atoms in total. The molecule has 0 aliphatic heterocycles. The van der Waals surface area contributed by atoms with Crippen LogP contribution in [0.3, 0.4) is 0 Å². The lowest BCUT2D eigenvalue weighted by molar-refractivity contribution is -0.138. The highest BCUT2D eigenvalue weighted by molar-refractivity contribution is 7.93. The van der Waals surface area contributed by atoms with Crippen LogP contribution in [-0.4, -0.2) is 60.5 Å². The first-order valence-corrected chi connectivity index (χ1v) is 14.5. The number of hydrogen-bond acceptors (Lipinski definition) is 9. The number of rotatable bonds is 7. The second kappa shape index (κ2) is 13.2. The zero-order chi connectivity index (χ0) is 30.3. The fourth-order valence-corrected chi connectivity index (χ4v) is 5.33. The molecule has 0 saturated carbocycles. The Morgan fingerprint density at radius 3 is 2.17 bits per heavy atom. The van der Waals surface area contributed by atoms with Crippen LogP contribution in [0.1, 0.15) is 73.3 Å². The Morgan fingerprint density at radius 2 is 1.62 bits per heavy atom. The van der Waals surface area contributed by atoms with Gasteiger partial charge in [0.15, 0.2) is 0 Å². The first kappa shape index (κ1) is 32.6. The van der Waals surface area contributed by atoms with Gasteiger partial charge in [0, 0.05) is 5.69 Å². The minimum atomic E-state index is -3.96. The summed E-state index contributed by atoms with van der Waals surface area (Å²) in [6.45, 7) is 11.7. The molecule has 0 fully saturated rings. The van der Waals surface area contributed by atoms with Crippen molar-refractivity contribution >= 4 is 39.8 Å². The standard InChI is InChI=1S/C27H40N4O8S/c1-8-37-22(32)20-11-9-10-12-21(20)40(35,36)30-19-15-13-18(14-16-19)17-31(25(34)39-27(5,6)7)23(28)29-24(33)38-26(2,3)4/h11,13-16,21,30H,8-10,12,17H2,1-7H3,(H2,28,29,33). The Balaban J connectivity index is 2.20. The number of ether oxygens (including phenoxy) is 3. The maximum atomic E-state index is 13.1. The van der Waals surface area contributed by atoms with Gasteiger partial charge in [0.1, 0.15) is 16.5 Å². The molecule has 1 aromatic carbocycles. The Hall–Kier alpha value is -3.61. The van der Waals surface area contributed by atoms with Gasteiger partial charge in [-0.3, -0.25) is 15.4 Å². The number of hydrogen-bond donors (Lipinski definition) is 3. The van der Waals surface area contributed by atoms with Crippen molar-refractivity contribution in [1.82, 2.24) is 10.2 Å². The number of anilines is 1. The predicted molar refractivity (Wildman–Crippen MR) is 150 cm³/mol. The van der Waals surface area contributed by atoms with Gasteiger partial charge in [-0.15, -0.1) is 0 Å². The molecule has 1 atom stereocenters. The Bertz CT molecular complexity index is 1230. The lowest BCUT2D eigenvalue weighted by Gasteiger charge is -2.28. The van der Waals surface area contributed by atoms with Gasteiger partial charge in [0.25, 0.3) is 0 Å². The number of carbonyl (C=O) groups excluding carboxylic acids is 3. The molecule has 1 aromatic rings. The quantitative estimate of drug-likeness (QED) is 0.181. The summed E-state index contributed by atoms with van der Waals surface area (Å²) in [6, 6.07) is 6.14. The number of carbonyl (C=O) groups is 3. The molecule has 0 radical (unpaired) electrons. The van der Waals surface area contributed by atoms with Gasteiger partial charge >= 0.3 is 18.2 Å². The zero-order valence-electron chi connectivity index (χ0n) is 24.1. The zero-order valence-corrected chi connectivity index (χ0v) is 24.9. The van der Waals surface area contributed by atoms with Crippen molar-refractivity contribution < 1.29 is 37.0 Å². The van der Waals surface area contributed by atoms with Gasteiger partial charge in [0.2, 0.25) is 16.0 Å². The SMILES string of the molecule is CCOC(=O)C1=CCCCC1S(=O)(=O)Nc1ccc(CN(C(=N)NC(=O)OC(C)(C)C)C(=O)OC(C)(C)C)cc1. The van der Waals surface area contributed by atoms with Crippen molar-refractivity contribution in [3.63, 3.8) is 0 Å². The third-order valence-corrected chi connectivity index (χ3v) is 7.08. The van der Waals surface area contributed by atoms with Gasteiger partial charge in [-0.2, -0.15) is 0 Å². The van der Waals surface area contributed by atoms with Crippen LogP contribution in [0.2, 0.25) is 0 Å². The minimum absolute atomic E-state index is 0.126. The number of sulfonamides is 1. The summed E-state index contributed by atoms with van der Waals surface area (Å²) in [5, 5.41) is 9.50. The number of nitrogens with one attached hydrogen (secondary N) is 3. The fourth-order valence-electron chi connectivity index (χ4n) is 3.72. The summed E-state index contributed by atoms with van der Waals surface area (Å²) in [7, 11) is -3.96. The van der Waals surface area contributed by atoms with E-state index in [2.05, 4.69) is 10.0 Å². The van der Waals surface area contributed by atoms with E-state index >= 15 is 0 Å². The maximum absolute atomic E-state index is 13.1. The highest BCUT2D eigenvalue weighted by Gasteiger charge is 2.35. The van der Waals surface area contributed by atoms with Gasteiger partial charge in [-0.05, 0) is 85.4 Å². The molecule has 40 heavy (non-hydrogen) atoms. The maximum Gasteiger partial charge on any atom is 0.417 e. The molecule has 0 heterocycles. The van der Waals surface area contributed by atoms with Crippen molar-refractivity contribution in [3.8, 4) is 0 Å². The van der Waals surface area contributed by atoms with E-state index in [-0.39, 0.29) is 30.8 Å². The van der Waals surface area contributed by atoms with Crippen LogP contribution < -0.4 is 10.0 Å². The molecule has 3 N–H and O–H groups in total. The van der Waals surface area contributed by atoms with E-state index < -0.39 is 50.6 Å². The summed E-state index contributed by atoms with van der Waals surface area (Å²) in [5.74, 6) is -1.19. The van der Waals surface area contributed by atoms with E-state index in [1.165, 1.54) is 12.1 Å². The monoisotopic (exact) mass is 580 g/mol. The van der Waals surface area contributed by atoms with Crippen molar-refractivity contribution in [2.24, 2.45) is 0 Å². The Morgan fingerprint density at radius 1 is 1.02 bits per heavy atom. The number of guanidine groups is 1. The largest absolute Gasteiger partial charge is 0.463 e. The first-order chi connectivity index (χ1) is 18.4. The lowest BCUT2D eigenvalue weighted by atomic mass is 9.99. The van der Waals surface area contributed by atoms with E-state index in [1.807, 2.05) is 0 Å². The molecule has 0 aromatic heterocycles. The number of benzene rings is 1. The molecule has 222 valence electrons. The summed E-state index contributed by atoms with van der Waals surface area (Å²) in [6.07, 6.45) is 1.34. The van der Waals surface area contributed by atoms with E-state index in [0.717, 1.165) is 4.90 Å². The van der Waals surface area contributed by atoms with E-state index in [9.17, 15) is 22.8 Å². The van der Waals surface area contributed by atoms with Gasteiger partial charge in [-0.1, -0.05) is 18.2 Å². The molecule has 2 rings (SSSR count). The fraction of sp³-hybridized carbons (Fsp3) is 0.556.